The largest absolute Gasteiger partial charge is 0 e. The van der Waals surface area contributed by atoms with Crippen LogP contribution in [0, 0.1) is 0 Å². The van der Waals surface area contributed by atoms with Gasteiger partial charge >= 0.3 is 302 Å². The van der Waals surface area contributed by atoms with Gasteiger partial charge < -0.3 is 0 Å². The number of hydrogen-bond donors (Lipinski definition) is 0. The zero-order valence-electron chi connectivity index (χ0n) is 27.4. The van der Waals surface area contributed by atoms with Crippen molar-refractivity contribution in [1.29, 1.82) is 0 Å². The molecule has 0 bridgehead atoms. The van der Waals surface area contributed by atoms with Crippen molar-refractivity contribution in [2.45, 2.75) is 5.40 Å². The zero-order valence-corrected chi connectivity index (χ0v) is 32.4. The van der Waals surface area contributed by atoms with Crippen LogP contribution >= 0.6 is 36.1 Å². The molecule has 0 aliphatic heterocycles. The first-order chi connectivity index (χ1) is 24.1. The minimum atomic E-state index is -4.19. The molecule has 7 aromatic carbocycles. The fourth-order valence-electron chi connectivity index (χ4n) is 7.39. The van der Waals surface area contributed by atoms with Gasteiger partial charge in [0.2, 0.25) is 0 Å². The Hall–Kier alpha value is -3.66. The molecule has 7 rings (SSSR count). The minimum Gasteiger partial charge on any atom is 0 e. The van der Waals surface area contributed by atoms with Crippen LogP contribution in [-0.4, -0.2) is 5.40 Å². The van der Waals surface area contributed by atoms with Crippen LogP contribution < -0.4 is 31.8 Å². The molecule has 248 valence electrons. The van der Waals surface area contributed by atoms with Crippen molar-refractivity contribution in [3.8, 4) is 0 Å². The summed E-state index contributed by atoms with van der Waals surface area (Å²) in [5.74, 6) is -4.19. The summed E-state index contributed by atoms with van der Waals surface area (Å²) in [7, 11) is -2.72. The van der Waals surface area contributed by atoms with Gasteiger partial charge in [0, 0.05) is 19.5 Å². The molecule has 0 fully saturated rings. The fourth-order valence-corrected chi connectivity index (χ4v) is 24.3. The van der Waals surface area contributed by atoms with Crippen LogP contribution in [0.3, 0.4) is 0 Å². The average Bonchev–Trinajstić information content (AvgIpc) is 3.18. The Morgan fingerprint density at radius 1 is 0.440 bits per heavy atom. The summed E-state index contributed by atoms with van der Waals surface area (Å²) >= 11 is 16.8. The van der Waals surface area contributed by atoms with Crippen molar-refractivity contribution in [3.05, 3.63) is 223 Å². The number of hydrogen-bond acceptors (Lipinski definition) is 0. The summed E-state index contributed by atoms with van der Waals surface area (Å²) in [6.07, 6.45) is 4.71. The van der Waals surface area contributed by atoms with E-state index in [2.05, 4.69) is 206 Å². The summed E-state index contributed by atoms with van der Waals surface area (Å²) in [5.41, 5.74) is 1.11. The third-order valence-corrected chi connectivity index (χ3v) is 24.6. The summed E-state index contributed by atoms with van der Waals surface area (Å²) in [6, 6.07) is 73.4. The molecule has 0 spiro atoms. The molecule has 0 nitrogen and oxygen atoms in total. The fraction of sp³-hybridized carbons (Fsp3) is 0.0222. The molecule has 0 aromatic heterocycles. The van der Waals surface area contributed by atoms with Gasteiger partial charge in [-0.2, -0.15) is 0 Å². The van der Waals surface area contributed by atoms with E-state index in [0.717, 1.165) is 21.5 Å². The van der Waals surface area contributed by atoms with E-state index >= 15 is 0 Å². The first kappa shape index (κ1) is 36.1. The molecule has 5 heteroatoms. The Morgan fingerprint density at radius 2 is 0.780 bits per heavy atom. The minimum absolute atomic E-state index is 0. The van der Waals surface area contributed by atoms with Crippen LogP contribution in [0.1, 0.15) is 5.56 Å². The molecule has 50 heavy (non-hydrogen) atoms. The van der Waals surface area contributed by atoms with E-state index < -0.39 is 13.2 Å². The van der Waals surface area contributed by atoms with Gasteiger partial charge in [0.25, 0.3) is 0 Å². The van der Waals surface area contributed by atoms with Crippen LogP contribution in [0.25, 0.3) is 6.08 Å². The van der Waals surface area contributed by atoms with Crippen LogP contribution in [0.5, 0.6) is 0 Å². The van der Waals surface area contributed by atoms with E-state index in [-0.39, 0.29) is 24.9 Å². The van der Waals surface area contributed by atoms with Gasteiger partial charge in [-0.3, -0.25) is 0 Å². The normalized spacial score (nSPS) is 13.1. The molecule has 0 radical (unpaired) electrons. The zero-order chi connectivity index (χ0) is 33.6. The van der Waals surface area contributed by atoms with Crippen molar-refractivity contribution < 1.29 is 19.5 Å². The van der Waals surface area contributed by atoms with Crippen molar-refractivity contribution in [1.82, 2.24) is 0 Å². The number of benzene rings is 7. The van der Waals surface area contributed by atoms with Gasteiger partial charge in [-0.15, -0.1) is 0 Å². The predicted molar refractivity (Wildman–Crippen MR) is 220 cm³/mol. The molecule has 0 aliphatic rings. The Kier molecular flexibility index (Phi) is 11.4. The van der Waals surface area contributed by atoms with Crippen LogP contribution in [0.15, 0.2) is 212 Å². The van der Waals surface area contributed by atoms with Crippen LogP contribution in [0.2, 0.25) is 5.02 Å². The molecule has 0 N–H and O–H groups in total. The molecule has 0 heterocycles. The second kappa shape index (κ2) is 15.7. The van der Waals surface area contributed by atoms with E-state index in [4.69, 9.17) is 11.6 Å². The molecule has 7 aromatic rings. The number of halogens is 2. The Morgan fingerprint density at radius 3 is 1.18 bits per heavy atom. The summed E-state index contributed by atoms with van der Waals surface area (Å²) in [4.78, 5) is 0. The van der Waals surface area contributed by atoms with Gasteiger partial charge in [-0.05, 0) is 0 Å². The first-order valence-electron chi connectivity index (χ1n) is 16.5. The SMILES string of the molecule is Clc1ccccc1P(Cl)(c1ccccc1)(c1ccccc1)C(C=Cc1ccccc1)[P+](c1ccccc1)(c1ccccc1)c1ccccc1.[Ru]. The Labute approximate surface area is 319 Å². The average molecular weight is 812 g/mol. The summed E-state index contributed by atoms with van der Waals surface area (Å²) in [5, 5.41) is 7.25. The van der Waals surface area contributed by atoms with E-state index in [1.165, 1.54) is 15.9 Å². The Bertz CT molecular complexity index is 2010. The standard InChI is InChI=1S/C45H37Cl2P2.Ru/c46-43-33-19-20-34-44(43)49(47,41-29-15-5-16-30-41,42-31-17-6-18-32-42)45(36-35-37-21-7-1-8-22-37)48(38-23-9-2-10-24-38,39-25-11-3-12-26-39)40-27-13-4-14-28-40;/h1-36,45H;/q+1;. The number of allylic oxidation sites excluding steroid dienone is 1. The third-order valence-electron chi connectivity index (χ3n) is 9.49. The van der Waals surface area contributed by atoms with Crippen LogP contribution in [0.4, 0.5) is 0 Å². The van der Waals surface area contributed by atoms with Gasteiger partial charge in [0.05, 0.1) is 0 Å². The first-order valence-corrected chi connectivity index (χ1v) is 21.9. The molecule has 1 atom stereocenters. The monoisotopic (exact) mass is 811 g/mol. The quantitative estimate of drug-likeness (QED) is 0.0954. The molecule has 0 amide bonds. The maximum atomic E-state index is 9.27. The summed E-state index contributed by atoms with van der Waals surface area (Å²) in [6.45, 7) is 0. The second-order valence-corrected chi connectivity index (χ2v) is 22.8. The van der Waals surface area contributed by atoms with Gasteiger partial charge in [0.15, 0.2) is 0 Å². The van der Waals surface area contributed by atoms with Crippen molar-refractivity contribution in [3.63, 3.8) is 0 Å². The smallest absolute Gasteiger partial charge is 0 e. The number of rotatable bonds is 10. The molecule has 0 aliphatic carbocycles. The molecule has 1 unspecified atom stereocenters. The van der Waals surface area contributed by atoms with E-state index in [9.17, 15) is 11.2 Å². The molecule has 0 saturated heterocycles. The van der Waals surface area contributed by atoms with E-state index in [0.29, 0.717) is 5.02 Å². The molecular weight excluding hydrogens is 774 g/mol. The summed E-state index contributed by atoms with van der Waals surface area (Å²) < 4.78 is 0. The maximum absolute atomic E-state index is 9.27. The maximum Gasteiger partial charge on any atom is 0 e. The van der Waals surface area contributed by atoms with Crippen molar-refractivity contribution in [2.75, 3.05) is 0 Å². The van der Waals surface area contributed by atoms with E-state index in [1.807, 2.05) is 12.1 Å². The molecule has 0 saturated carbocycles. The molecular formula is C45H37Cl2P2Ru+. The second-order valence-electron chi connectivity index (χ2n) is 12.1. The topological polar surface area (TPSA) is 0 Å². The van der Waals surface area contributed by atoms with Crippen LogP contribution in [-0.2, 0) is 19.5 Å². The third kappa shape index (κ3) is 6.15. The van der Waals surface area contributed by atoms with Gasteiger partial charge in [0.1, 0.15) is 0 Å². The Balaban J connectivity index is 0.00000432. The van der Waals surface area contributed by atoms with E-state index in [1.54, 1.807) is 0 Å². The van der Waals surface area contributed by atoms with Gasteiger partial charge in [-0.25, -0.2) is 0 Å². The van der Waals surface area contributed by atoms with Crippen molar-refractivity contribution >= 4 is 74.0 Å². The van der Waals surface area contributed by atoms with Gasteiger partial charge in [-0.1, -0.05) is 0 Å². The predicted octanol–water partition coefficient (Wildman–Crippen LogP) is 10.4. The van der Waals surface area contributed by atoms with Crippen molar-refractivity contribution in [2.24, 2.45) is 0 Å².